The minimum absolute atomic E-state index is 0.459. The number of ether oxygens (including phenoxy) is 2. The Morgan fingerprint density at radius 3 is 2.50 bits per heavy atom. The third kappa shape index (κ3) is 9.03. The van der Waals surface area contributed by atoms with Crippen molar-refractivity contribution in [3.8, 4) is 0 Å². The second-order valence-corrected chi connectivity index (χ2v) is 4.51. The van der Waals surface area contributed by atoms with Gasteiger partial charge in [0.2, 0.25) is 0 Å². The Bertz CT molecular complexity index is 189. The minimum atomic E-state index is 0.459. The fourth-order valence-corrected chi connectivity index (χ4v) is 1.50. The monoisotopic (exact) mass is 248 g/mol. The molecule has 96 valence electrons. The van der Waals surface area contributed by atoms with E-state index in [9.17, 15) is 0 Å². The molecule has 0 aliphatic heterocycles. The van der Waals surface area contributed by atoms with Crippen LogP contribution in [0.4, 0.5) is 0 Å². The SMILES string of the molecule is COCCOCCCN(CC(N)=S)C(C)C. The van der Waals surface area contributed by atoms with Crippen LogP contribution in [0.15, 0.2) is 0 Å². The van der Waals surface area contributed by atoms with Crippen molar-refractivity contribution >= 4 is 17.2 Å². The van der Waals surface area contributed by atoms with Crippen LogP contribution in [0.5, 0.6) is 0 Å². The molecule has 0 spiro atoms. The molecule has 0 rings (SSSR count). The van der Waals surface area contributed by atoms with Gasteiger partial charge in [-0.2, -0.15) is 0 Å². The lowest BCUT2D eigenvalue weighted by atomic mass is 10.3. The van der Waals surface area contributed by atoms with Gasteiger partial charge in [0.05, 0.1) is 18.2 Å². The molecule has 0 atom stereocenters. The van der Waals surface area contributed by atoms with Gasteiger partial charge in [-0.15, -0.1) is 0 Å². The number of methoxy groups -OCH3 is 1. The van der Waals surface area contributed by atoms with Crippen LogP contribution < -0.4 is 5.73 Å². The second-order valence-electron chi connectivity index (χ2n) is 3.99. The number of hydrogen-bond donors (Lipinski definition) is 1. The molecule has 0 aliphatic rings. The summed E-state index contributed by atoms with van der Waals surface area (Å²) in [5.74, 6) is 0. The maximum absolute atomic E-state index is 5.54. The summed E-state index contributed by atoms with van der Waals surface area (Å²) in [6.07, 6.45) is 0.991. The lowest BCUT2D eigenvalue weighted by molar-refractivity contribution is 0.0646. The Balaban J connectivity index is 3.56. The summed E-state index contributed by atoms with van der Waals surface area (Å²) in [6.45, 7) is 8.00. The number of nitrogens with zero attached hydrogens (tertiary/aromatic N) is 1. The largest absolute Gasteiger partial charge is 0.392 e. The van der Waals surface area contributed by atoms with Crippen LogP contribution in [0.2, 0.25) is 0 Å². The van der Waals surface area contributed by atoms with E-state index in [1.165, 1.54) is 0 Å². The lowest BCUT2D eigenvalue weighted by Crippen LogP contribution is -2.38. The topological polar surface area (TPSA) is 47.7 Å². The quantitative estimate of drug-likeness (QED) is 0.462. The van der Waals surface area contributed by atoms with Crippen LogP contribution in [-0.4, -0.2) is 56.0 Å². The van der Waals surface area contributed by atoms with Gasteiger partial charge in [-0.1, -0.05) is 12.2 Å². The average Bonchev–Trinajstić information content (AvgIpc) is 2.20. The molecule has 0 heterocycles. The summed E-state index contributed by atoms with van der Waals surface area (Å²) in [5.41, 5.74) is 5.54. The first-order chi connectivity index (χ1) is 7.57. The molecule has 4 nitrogen and oxygen atoms in total. The van der Waals surface area contributed by atoms with Gasteiger partial charge in [0.25, 0.3) is 0 Å². The van der Waals surface area contributed by atoms with Crippen LogP contribution >= 0.6 is 12.2 Å². The van der Waals surface area contributed by atoms with Gasteiger partial charge in [0.1, 0.15) is 0 Å². The first kappa shape index (κ1) is 15.8. The van der Waals surface area contributed by atoms with E-state index in [-0.39, 0.29) is 0 Å². The molecule has 0 aromatic rings. The van der Waals surface area contributed by atoms with Gasteiger partial charge in [-0.3, -0.25) is 4.90 Å². The number of thiocarbonyl (C=S) groups is 1. The van der Waals surface area contributed by atoms with Crippen LogP contribution in [-0.2, 0) is 9.47 Å². The van der Waals surface area contributed by atoms with Crippen molar-refractivity contribution in [2.24, 2.45) is 5.73 Å². The van der Waals surface area contributed by atoms with Gasteiger partial charge in [0.15, 0.2) is 0 Å². The van der Waals surface area contributed by atoms with Crippen LogP contribution in [0, 0.1) is 0 Å². The van der Waals surface area contributed by atoms with Gasteiger partial charge < -0.3 is 15.2 Å². The van der Waals surface area contributed by atoms with Crippen molar-refractivity contribution in [3.63, 3.8) is 0 Å². The van der Waals surface area contributed by atoms with Crippen molar-refractivity contribution in [2.75, 3.05) is 40.0 Å². The molecule has 0 radical (unpaired) electrons. The van der Waals surface area contributed by atoms with E-state index < -0.39 is 0 Å². The van der Waals surface area contributed by atoms with Gasteiger partial charge in [-0.25, -0.2) is 0 Å². The molecule has 0 bridgehead atoms. The lowest BCUT2D eigenvalue weighted by Gasteiger charge is -2.25. The molecule has 0 aromatic carbocycles. The maximum atomic E-state index is 5.54. The molecule has 0 saturated carbocycles. The van der Waals surface area contributed by atoms with Crippen molar-refractivity contribution in [2.45, 2.75) is 26.3 Å². The van der Waals surface area contributed by atoms with Crippen molar-refractivity contribution in [1.29, 1.82) is 0 Å². The van der Waals surface area contributed by atoms with E-state index in [4.69, 9.17) is 27.4 Å². The smallest absolute Gasteiger partial charge is 0.0870 e. The summed E-state index contributed by atoms with van der Waals surface area (Å²) in [6, 6.07) is 0.459. The van der Waals surface area contributed by atoms with E-state index in [2.05, 4.69) is 18.7 Å². The van der Waals surface area contributed by atoms with Crippen LogP contribution in [0.1, 0.15) is 20.3 Å². The summed E-state index contributed by atoms with van der Waals surface area (Å²) in [5, 5.41) is 0. The maximum Gasteiger partial charge on any atom is 0.0870 e. The highest BCUT2D eigenvalue weighted by molar-refractivity contribution is 7.80. The Labute approximate surface area is 104 Å². The third-order valence-electron chi connectivity index (χ3n) is 2.26. The molecule has 2 N–H and O–H groups in total. The Morgan fingerprint density at radius 2 is 2.00 bits per heavy atom. The van der Waals surface area contributed by atoms with Gasteiger partial charge in [0, 0.05) is 32.8 Å². The average molecular weight is 248 g/mol. The van der Waals surface area contributed by atoms with E-state index in [1.54, 1.807) is 7.11 Å². The van der Waals surface area contributed by atoms with Gasteiger partial charge in [-0.05, 0) is 20.3 Å². The molecule has 16 heavy (non-hydrogen) atoms. The molecule has 0 amide bonds. The standard InChI is InChI=1S/C11H24N2O2S/c1-10(2)13(9-11(12)16)5-4-6-15-8-7-14-3/h10H,4-9H2,1-3H3,(H2,12,16). The summed E-state index contributed by atoms with van der Waals surface area (Å²) in [7, 11) is 1.67. The van der Waals surface area contributed by atoms with Crippen molar-refractivity contribution in [3.05, 3.63) is 0 Å². The molecule has 0 fully saturated rings. The first-order valence-electron chi connectivity index (χ1n) is 5.67. The molecule has 5 heteroatoms. The van der Waals surface area contributed by atoms with E-state index in [1.807, 2.05) is 0 Å². The fourth-order valence-electron chi connectivity index (χ4n) is 1.33. The summed E-state index contributed by atoms with van der Waals surface area (Å²) < 4.78 is 10.3. The van der Waals surface area contributed by atoms with E-state index >= 15 is 0 Å². The Hall–Kier alpha value is -0.230. The molecule has 0 aromatic heterocycles. The Kier molecular flexibility index (Phi) is 9.82. The molecule has 0 saturated heterocycles. The highest BCUT2D eigenvalue weighted by Gasteiger charge is 2.09. The number of hydrogen-bond acceptors (Lipinski definition) is 4. The highest BCUT2D eigenvalue weighted by Crippen LogP contribution is 1.99. The number of nitrogens with two attached hydrogens (primary N) is 1. The van der Waals surface area contributed by atoms with E-state index in [0.717, 1.165) is 19.6 Å². The zero-order valence-electron chi connectivity index (χ0n) is 10.6. The van der Waals surface area contributed by atoms with Crippen LogP contribution in [0.25, 0.3) is 0 Å². The molecule has 0 aliphatic carbocycles. The molecule has 0 unspecified atom stereocenters. The van der Waals surface area contributed by atoms with E-state index in [0.29, 0.717) is 30.8 Å². The molecular weight excluding hydrogens is 224 g/mol. The summed E-state index contributed by atoms with van der Waals surface area (Å²) >= 11 is 4.92. The van der Waals surface area contributed by atoms with Crippen LogP contribution in [0.3, 0.4) is 0 Å². The zero-order valence-corrected chi connectivity index (χ0v) is 11.4. The predicted octanol–water partition coefficient (Wildman–Crippen LogP) is 1.04. The summed E-state index contributed by atoms with van der Waals surface area (Å²) in [4.78, 5) is 2.80. The molecular formula is C11H24N2O2S. The normalized spacial score (nSPS) is 11.3. The van der Waals surface area contributed by atoms with Crippen molar-refractivity contribution < 1.29 is 9.47 Å². The minimum Gasteiger partial charge on any atom is -0.392 e. The zero-order chi connectivity index (χ0) is 12.4. The van der Waals surface area contributed by atoms with Gasteiger partial charge >= 0.3 is 0 Å². The Morgan fingerprint density at radius 1 is 1.31 bits per heavy atom. The highest BCUT2D eigenvalue weighted by atomic mass is 32.1. The first-order valence-corrected chi connectivity index (χ1v) is 6.07. The number of rotatable bonds is 10. The predicted molar refractivity (Wildman–Crippen MR) is 70.8 cm³/mol. The van der Waals surface area contributed by atoms with Crippen molar-refractivity contribution in [1.82, 2.24) is 4.90 Å². The fraction of sp³-hybridized carbons (Fsp3) is 0.909. The second kappa shape index (κ2) is 9.96. The third-order valence-corrected chi connectivity index (χ3v) is 2.38.